The number of nitrogens with zero attached hydrogens (tertiary/aromatic N) is 3. The summed E-state index contributed by atoms with van der Waals surface area (Å²) in [7, 11) is 0. The monoisotopic (exact) mass is 605 g/mol. The first-order valence-electron chi connectivity index (χ1n) is 16.2. The summed E-state index contributed by atoms with van der Waals surface area (Å²) in [5.74, 6) is 1.99. The molecule has 226 valence electrons. The van der Waals surface area contributed by atoms with Crippen LogP contribution in [-0.2, 0) is 5.41 Å². The van der Waals surface area contributed by atoms with E-state index in [2.05, 4.69) is 107 Å². The van der Waals surface area contributed by atoms with Gasteiger partial charge in [-0.2, -0.15) is 0 Å². The molecule has 3 nitrogen and oxygen atoms in total. The fraction of sp³-hybridized carbons (Fsp3) is 0.114. The van der Waals surface area contributed by atoms with Gasteiger partial charge >= 0.3 is 0 Å². The van der Waals surface area contributed by atoms with Gasteiger partial charge in [0.1, 0.15) is 0 Å². The molecule has 6 aromatic carbocycles. The number of aryl methyl sites for hydroxylation is 1. The maximum Gasteiger partial charge on any atom is 0.164 e. The Morgan fingerprint density at radius 3 is 1.40 bits per heavy atom. The van der Waals surface area contributed by atoms with Gasteiger partial charge in [-0.25, -0.2) is 15.0 Å². The summed E-state index contributed by atoms with van der Waals surface area (Å²) < 4.78 is 0. The smallest absolute Gasteiger partial charge is 0.164 e. The van der Waals surface area contributed by atoms with Crippen molar-refractivity contribution < 1.29 is 0 Å². The number of hydrogen-bond donors (Lipinski definition) is 0. The summed E-state index contributed by atoms with van der Waals surface area (Å²) in [5, 5.41) is 0. The van der Waals surface area contributed by atoms with Gasteiger partial charge in [-0.3, -0.25) is 0 Å². The van der Waals surface area contributed by atoms with E-state index in [1.807, 2.05) is 60.7 Å². The Balaban J connectivity index is 1.21. The Morgan fingerprint density at radius 2 is 0.809 bits per heavy atom. The van der Waals surface area contributed by atoms with Crippen molar-refractivity contribution in [1.82, 2.24) is 15.0 Å². The van der Waals surface area contributed by atoms with Crippen LogP contribution in [0.2, 0.25) is 0 Å². The lowest BCUT2D eigenvalue weighted by molar-refractivity contribution is 0.657. The molecule has 0 bridgehead atoms. The van der Waals surface area contributed by atoms with Crippen LogP contribution in [0.5, 0.6) is 0 Å². The molecule has 0 saturated carbocycles. The zero-order valence-corrected chi connectivity index (χ0v) is 27.1. The molecule has 0 N–H and O–H groups in total. The lowest BCUT2D eigenvalue weighted by Gasteiger charge is -2.27. The van der Waals surface area contributed by atoms with E-state index >= 15 is 0 Å². The van der Waals surface area contributed by atoms with Gasteiger partial charge in [-0.15, -0.1) is 0 Å². The maximum atomic E-state index is 4.94. The van der Waals surface area contributed by atoms with Crippen LogP contribution >= 0.6 is 0 Å². The van der Waals surface area contributed by atoms with E-state index in [0.717, 1.165) is 16.7 Å². The van der Waals surface area contributed by atoms with E-state index in [1.54, 1.807) is 0 Å². The number of hydrogen-bond acceptors (Lipinski definition) is 3. The van der Waals surface area contributed by atoms with Gasteiger partial charge < -0.3 is 0 Å². The molecule has 0 amide bonds. The molecule has 0 atom stereocenters. The summed E-state index contributed by atoms with van der Waals surface area (Å²) in [5.41, 5.74) is 15.9. The van der Waals surface area contributed by atoms with Crippen LogP contribution < -0.4 is 0 Å². The molecule has 0 saturated heterocycles. The lowest BCUT2D eigenvalue weighted by Crippen LogP contribution is -2.18. The highest BCUT2D eigenvalue weighted by Crippen LogP contribution is 2.54. The van der Waals surface area contributed by atoms with Crippen molar-refractivity contribution in [2.45, 2.75) is 33.1 Å². The Labute approximate surface area is 276 Å². The largest absolute Gasteiger partial charge is 0.208 e. The molecule has 7 aromatic rings. The molecule has 0 aliphatic heterocycles. The van der Waals surface area contributed by atoms with Crippen LogP contribution in [0.3, 0.4) is 0 Å². The van der Waals surface area contributed by atoms with Gasteiger partial charge in [0, 0.05) is 22.1 Å². The molecule has 8 rings (SSSR count). The molecule has 0 radical (unpaired) electrons. The van der Waals surface area contributed by atoms with Crippen molar-refractivity contribution in [3.05, 3.63) is 162 Å². The second kappa shape index (κ2) is 11.3. The highest BCUT2D eigenvalue weighted by Gasteiger charge is 2.39. The standard InChI is InChI=1S/C44H35N3/c1-28-14-11-12-19-34(28)35-26-27-38-37-21-13-20-36(40(37)44(3,4)39(38)29(35)2)30-22-24-33(25-23-30)43-46-41(31-15-7-5-8-16-31)45-42(47-43)32-17-9-6-10-18-32/h5-27H,1-4H3. The summed E-state index contributed by atoms with van der Waals surface area (Å²) in [6.07, 6.45) is 0. The molecule has 1 aromatic heterocycles. The average molecular weight is 606 g/mol. The maximum absolute atomic E-state index is 4.94. The summed E-state index contributed by atoms with van der Waals surface area (Å²) >= 11 is 0. The van der Waals surface area contributed by atoms with Crippen molar-refractivity contribution in [1.29, 1.82) is 0 Å². The third kappa shape index (κ3) is 4.87. The van der Waals surface area contributed by atoms with E-state index in [-0.39, 0.29) is 5.41 Å². The second-order valence-corrected chi connectivity index (χ2v) is 12.9. The number of rotatable bonds is 5. The molecule has 0 unspecified atom stereocenters. The summed E-state index contributed by atoms with van der Waals surface area (Å²) in [4.78, 5) is 14.7. The highest BCUT2D eigenvalue weighted by atomic mass is 15.0. The zero-order chi connectivity index (χ0) is 32.1. The first-order valence-corrected chi connectivity index (χ1v) is 16.2. The van der Waals surface area contributed by atoms with Crippen LogP contribution in [0.25, 0.3) is 67.5 Å². The Hall–Kier alpha value is -5.67. The van der Waals surface area contributed by atoms with Gasteiger partial charge in [-0.1, -0.05) is 153 Å². The minimum atomic E-state index is -0.161. The average Bonchev–Trinajstić information content (AvgIpc) is 3.36. The molecule has 1 heterocycles. The fourth-order valence-corrected chi connectivity index (χ4v) is 7.46. The Bertz CT molecular complexity index is 2210. The van der Waals surface area contributed by atoms with E-state index in [9.17, 15) is 0 Å². The van der Waals surface area contributed by atoms with Crippen LogP contribution in [0.15, 0.2) is 140 Å². The predicted molar refractivity (Wildman–Crippen MR) is 194 cm³/mol. The third-order valence-corrected chi connectivity index (χ3v) is 9.66. The zero-order valence-electron chi connectivity index (χ0n) is 27.1. The van der Waals surface area contributed by atoms with Crippen molar-refractivity contribution >= 4 is 0 Å². The Morgan fingerprint density at radius 1 is 0.362 bits per heavy atom. The first kappa shape index (κ1) is 28.8. The van der Waals surface area contributed by atoms with Crippen LogP contribution in [0.4, 0.5) is 0 Å². The number of benzene rings is 6. The minimum Gasteiger partial charge on any atom is -0.208 e. The van der Waals surface area contributed by atoms with Crippen molar-refractivity contribution in [2.75, 3.05) is 0 Å². The number of fused-ring (bicyclic) bond motifs is 3. The van der Waals surface area contributed by atoms with Gasteiger partial charge in [0.25, 0.3) is 0 Å². The molecule has 0 fully saturated rings. The van der Waals surface area contributed by atoms with E-state index in [4.69, 9.17) is 15.0 Å². The summed E-state index contributed by atoms with van der Waals surface area (Å²) in [6.45, 7) is 9.26. The van der Waals surface area contributed by atoms with Crippen LogP contribution in [0, 0.1) is 13.8 Å². The topological polar surface area (TPSA) is 38.7 Å². The molecular formula is C44H35N3. The van der Waals surface area contributed by atoms with Gasteiger partial charge in [0.2, 0.25) is 0 Å². The molecule has 3 heteroatoms. The molecule has 47 heavy (non-hydrogen) atoms. The first-order chi connectivity index (χ1) is 22.9. The predicted octanol–water partition coefficient (Wildman–Crippen LogP) is 11.1. The van der Waals surface area contributed by atoms with E-state index < -0.39 is 0 Å². The van der Waals surface area contributed by atoms with Crippen molar-refractivity contribution in [3.63, 3.8) is 0 Å². The lowest BCUT2D eigenvalue weighted by atomic mass is 9.76. The third-order valence-electron chi connectivity index (χ3n) is 9.66. The summed E-state index contributed by atoms with van der Waals surface area (Å²) in [6, 6.07) is 49.0. The SMILES string of the molecule is Cc1ccccc1-c1ccc2c(c1C)C(C)(C)c1c(-c3ccc(-c4nc(-c5ccccc5)nc(-c5ccccc5)n4)cc3)cccc1-2. The minimum absolute atomic E-state index is 0.161. The van der Waals surface area contributed by atoms with Crippen molar-refractivity contribution in [3.8, 4) is 67.5 Å². The second-order valence-electron chi connectivity index (χ2n) is 12.9. The Kier molecular flexibility index (Phi) is 6.91. The molecular weight excluding hydrogens is 571 g/mol. The van der Waals surface area contributed by atoms with Crippen molar-refractivity contribution in [2.24, 2.45) is 0 Å². The highest BCUT2D eigenvalue weighted by molar-refractivity contribution is 5.91. The molecule has 1 aliphatic rings. The van der Waals surface area contributed by atoms with Gasteiger partial charge in [-0.05, 0) is 69.5 Å². The molecule has 0 spiro atoms. The number of aromatic nitrogens is 3. The quantitative estimate of drug-likeness (QED) is 0.196. The van der Waals surface area contributed by atoms with E-state index in [0.29, 0.717) is 17.5 Å². The normalized spacial score (nSPS) is 12.9. The van der Waals surface area contributed by atoms with E-state index in [1.165, 1.54) is 55.6 Å². The van der Waals surface area contributed by atoms with Crippen LogP contribution in [-0.4, -0.2) is 15.0 Å². The van der Waals surface area contributed by atoms with Gasteiger partial charge in [0.05, 0.1) is 0 Å². The fourth-order valence-electron chi connectivity index (χ4n) is 7.46. The van der Waals surface area contributed by atoms with Crippen LogP contribution in [0.1, 0.15) is 36.1 Å². The van der Waals surface area contributed by atoms with Gasteiger partial charge in [0.15, 0.2) is 17.5 Å². The molecule has 1 aliphatic carbocycles.